The molecular weight excluding hydrogens is 284 g/mol. The second-order valence-corrected chi connectivity index (χ2v) is 4.43. The van der Waals surface area contributed by atoms with E-state index in [2.05, 4.69) is 5.32 Å². The third-order valence-corrected chi connectivity index (χ3v) is 2.95. The van der Waals surface area contributed by atoms with Crippen LogP contribution in [0.1, 0.15) is 10.4 Å². The summed E-state index contributed by atoms with van der Waals surface area (Å²) < 4.78 is 10.8. The molecule has 1 amide bonds. The Morgan fingerprint density at radius 1 is 1.23 bits per heavy atom. The number of benzene rings is 2. The summed E-state index contributed by atoms with van der Waals surface area (Å²) in [4.78, 5) is 22.4. The number of nitrogens with two attached hydrogens (primary N) is 1. The van der Waals surface area contributed by atoms with Crippen LogP contribution in [0.2, 0.25) is 0 Å². The number of ether oxygens (including phenoxy) is 2. The summed E-state index contributed by atoms with van der Waals surface area (Å²) >= 11 is 0. The van der Waals surface area contributed by atoms with E-state index in [4.69, 9.17) is 15.2 Å². The topological polar surface area (TPSA) is 90.7 Å². The van der Waals surface area contributed by atoms with Crippen molar-refractivity contribution < 1.29 is 19.1 Å². The Labute approximate surface area is 127 Å². The van der Waals surface area contributed by atoms with Gasteiger partial charge in [0.2, 0.25) is 6.41 Å². The largest absolute Gasteiger partial charge is 0.496 e. The highest BCUT2D eigenvalue weighted by atomic mass is 16.5. The predicted octanol–water partition coefficient (Wildman–Crippen LogP) is 2.00. The average molecular weight is 300 g/mol. The smallest absolute Gasteiger partial charge is 0.207 e. The maximum atomic E-state index is 12.1. The Bertz CT molecular complexity index is 671. The molecule has 2 rings (SSSR count). The Balaban J connectivity index is 2.34. The van der Waals surface area contributed by atoms with Gasteiger partial charge in [0.25, 0.3) is 0 Å². The van der Waals surface area contributed by atoms with Gasteiger partial charge in [-0.05, 0) is 18.2 Å². The summed E-state index contributed by atoms with van der Waals surface area (Å²) in [5, 5.41) is 2.32. The van der Waals surface area contributed by atoms with Crippen LogP contribution in [-0.4, -0.2) is 25.8 Å². The number of hydrogen-bond donors (Lipinski definition) is 2. The zero-order valence-electron chi connectivity index (χ0n) is 12.0. The van der Waals surface area contributed by atoms with Gasteiger partial charge in [0.15, 0.2) is 11.5 Å². The van der Waals surface area contributed by atoms with Gasteiger partial charge >= 0.3 is 0 Å². The van der Waals surface area contributed by atoms with E-state index in [0.29, 0.717) is 29.3 Å². The first kappa shape index (κ1) is 15.4. The molecule has 0 radical (unpaired) electrons. The van der Waals surface area contributed by atoms with Crippen molar-refractivity contribution in [1.82, 2.24) is 5.32 Å². The number of anilines is 1. The minimum atomic E-state index is -0.304. The SMILES string of the molecule is COc1cc(N)c(Oc2ccccc2)cc1C(=O)CNC=O. The molecule has 2 aromatic rings. The molecule has 0 aliphatic rings. The third-order valence-electron chi connectivity index (χ3n) is 2.95. The fraction of sp³-hybridized carbons (Fsp3) is 0.125. The van der Waals surface area contributed by atoms with Gasteiger partial charge in [0.1, 0.15) is 11.5 Å². The molecule has 0 spiro atoms. The average Bonchev–Trinajstić information content (AvgIpc) is 2.55. The minimum absolute atomic E-state index is 0.130. The van der Waals surface area contributed by atoms with E-state index >= 15 is 0 Å². The Morgan fingerprint density at radius 2 is 1.95 bits per heavy atom. The first-order valence-corrected chi connectivity index (χ1v) is 6.56. The molecule has 3 N–H and O–H groups in total. The van der Waals surface area contributed by atoms with Crippen molar-refractivity contribution in [2.75, 3.05) is 19.4 Å². The van der Waals surface area contributed by atoms with E-state index < -0.39 is 0 Å². The number of carbonyl (C=O) groups is 2. The quantitative estimate of drug-likeness (QED) is 0.463. The summed E-state index contributed by atoms with van der Waals surface area (Å²) in [5.74, 6) is 0.975. The van der Waals surface area contributed by atoms with Crippen LogP contribution < -0.4 is 20.5 Å². The van der Waals surface area contributed by atoms with Crippen LogP contribution in [0.3, 0.4) is 0 Å². The highest BCUT2D eigenvalue weighted by Crippen LogP contribution is 2.34. The van der Waals surface area contributed by atoms with Crippen LogP contribution in [0.5, 0.6) is 17.2 Å². The van der Waals surface area contributed by atoms with Gasteiger partial charge in [-0.1, -0.05) is 18.2 Å². The fourth-order valence-electron chi connectivity index (χ4n) is 1.90. The second-order valence-electron chi connectivity index (χ2n) is 4.43. The summed E-state index contributed by atoms with van der Waals surface area (Å²) in [7, 11) is 1.44. The molecular formula is C16H16N2O4. The predicted molar refractivity (Wildman–Crippen MR) is 82.3 cm³/mol. The lowest BCUT2D eigenvalue weighted by molar-refractivity contribution is -0.109. The Morgan fingerprint density at radius 3 is 2.59 bits per heavy atom. The molecule has 0 unspecified atom stereocenters. The van der Waals surface area contributed by atoms with Crippen LogP contribution in [-0.2, 0) is 4.79 Å². The summed E-state index contributed by atoms with van der Waals surface area (Å²) in [6, 6.07) is 12.1. The van der Waals surface area contributed by atoms with Crippen molar-refractivity contribution >= 4 is 17.9 Å². The molecule has 0 atom stereocenters. The number of methoxy groups -OCH3 is 1. The normalized spacial score (nSPS) is 9.86. The van der Waals surface area contributed by atoms with E-state index in [1.165, 1.54) is 19.2 Å². The first-order valence-electron chi connectivity index (χ1n) is 6.56. The number of ketones is 1. The minimum Gasteiger partial charge on any atom is -0.496 e. The molecule has 0 aliphatic heterocycles. The van der Waals surface area contributed by atoms with E-state index in [1.807, 2.05) is 18.2 Å². The molecule has 0 saturated carbocycles. The zero-order chi connectivity index (χ0) is 15.9. The lowest BCUT2D eigenvalue weighted by atomic mass is 10.1. The molecule has 0 aliphatic carbocycles. The number of nitrogens with one attached hydrogen (secondary N) is 1. The maximum absolute atomic E-state index is 12.1. The first-order chi connectivity index (χ1) is 10.7. The van der Waals surface area contributed by atoms with Gasteiger partial charge < -0.3 is 20.5 Å². The number of nitrogen functional groups attached to an aromatic ring is 1. The van der Waals surface area contributed by atoms with Gasteiger partial charge in [-0.2, -0.15) is 0 Å². The van der Waals surface area contributed by atoms with Crippen molar-refractivity contribution in [2.24, 2.45) is 0 Å². The monoisotopic (exact) mass is 300 g/mol. The van der Waals surface area contributed by atoms with Crippen LogP contribution in [0.25, 0.3) is 0 Å². The highest BCUT2D eigenvalue weighted by Gasteiger charge is 2.16. The van der Waals surface area contributed by atoms with Gasteiger partial charge in [-0.3, -0.25) is 9.59 Å². The van der Waals surface area contributed by atoms with Crippen molar-refractivity contribution in [3.05, 3.63) is 48.0 Å². The van der Waals surface area contributed by atoms with E-state index in [1.54, 1.807) is 12.1 Å². The standard InChI is InChI=1S/C16H16N2O4/c1-21-15-8-13(17)16(22-11-5-3-2-4-6-11)7-12(15)14(20)9-18-10-19/h2-8,10H,9,17H2,1H3,(H,18,19). The van der Waals surface area contributed by atoms with Gasteiger partial charge in [-0.25, -0.2) is 0 Å². The number of rotatable bonds is 7. The molecule has 6 nitrogen and oxygen atoms in total. The molecule has 114 valence electrons. The van der Waals surface area contributed by atoms with Crippen molar-refractivity contribution in [1.29, 1.82) is 0 Å². The lowest BCUT2D eigenvalue weighted by Gasteiger charge is -2.13. The highest BCUT2D eigenvalue weighted by molar-refractivity contribution is 6.01. The molecule has 0 fully saturated rings. The van der Waals surface area contributed by atoms with Crippen LogP contribution >= 0.6 is 0 Å². The molecule has 0 bridgehead atoms. The van der Waals surface area contributed by atoms with Crippen LogP contribution in [0.15, 0.2) is 42.5 Å². The zero-order valence-corrected chi connectivity index (χ0v) is 12.0. The van der Waals surface area contributed by atoms with E-state index in [9.17, 15) is 9.59 Å². The summed E-state index contributed by atoms with van der Waals surface area (Å²) in [5.41, 5.74) is 6.56. The number of para-hydroxylation sites is 1. The van der Waals surface area contributed by atoms with Gasteiger partial charge in [0.05, 0.1) is 24.9 Å². The number of amides is 1. The number of carbonyl (C=O) groups excluding carboxylic acids is 2. The molecule has 22 heavy (non-hydrogen) atoms. The third kappa shape index (κ3) is 3.54. The lowest BCUT2D eigenvalue weighted by Crippen LogP contribution is -2.21. The van der Waals surface area contributed by atoms with Crippen molar-refractivity contribution in [3.8, 4) is 17.2 Å². The maximum Gasteiger partial charge on any atom is 0.207 e. The Hall–Kier alpha value is -3.02. The van der Waals surface area contributed by atoms with E-state index in [-0.39, 0.29) is 17.9 Å². The summed E-state index contributed by atoms with van der Waals surface area (Å²) in [6.07, 6.45) is 0.461. The summed E-state index contributed by atoms with van der Waals surface area (Å²) in [6.45, 7) is -0.130. The Kier molecular flexibility index (Phi) is 4.98. The molecule has 0 heterocycles. The molecule has 0 aromatic heterocycles. The van der Waals surface area contributed by atoms with Gasteiger partial charge in [0, 0.05) is 6.07 Å². The van der Waals surface area contributed by atoms with Crippen molar-refractivity contribution in [2.45, 2.75) is 0 Å². The van der Waals surface area contributed by atoms with Gasteiger partial charge in [-0.15, -0.1) is 0 Å². The second kappa shape index (κ2) is 7.12. The van der Waals surface area contributed by atoms with Crippen LogP contribution in [0, 0.1) is 0 Å². The van der Waals surface area contributed by atoms with Crippen molar-refractivity contribution in [3.63, 3.8) is 0 Å². The molecule has 2 aromatic carbocycles. The number of hydrogen-bond acceptors (Lipinski definition) is 5. The fourth-order valence-corrected chi connectivity index (χ4v) is 1.90. The number of Topliss-reactive ketones (excluding diaryl/α,β-unsaturated/α-hetero) is 1. The molecule has 6 heteroatoms. The van der Waals surface area contributed by atoms with E-state index in [0.717, 1.165) is 0 Å². The van der Waals surface area contributed by atoms with Crippen LogP contribution in [0.4, 0.5) is 5.69 Å². The molecule has 0 saturated heterocycles.